The van der Waals surface area contributed by atoms with Crippen molar-refractivity contribution in [2.24, 2.45) is 0 Å². The van der Waals surface area contributed by atoms with Crippen LogP contribution in [0.2, 0.25) is 0 Å². The molecule has 90 valence electrons. The minimum Gasteiger partial charge on any atom is -0.360 e. The number of hydrogen-bond acceptors (Lipinski definition) is 4. The smallest absolute Gasteiger partial charge is 0.159 e. The number of allylic oxidation sites excluding steroid dienone is 1. The Morgan fingerprint density at radius 1 is 1.22 bits per heavy atom. The zero-order valence-electron chi connectivity index (χ0n) is 10.2. The lowest BCUT2D eigenvalue weighted by atomic mass is 10.0. The highest BCUT2D eigenvalue weighted by Crippen LogP contribution is 2.28. The van der Waals surface area contributed by atoms with Crippen molar-refractivity contribution in [1.82, 2.24) is 4.90 Å². The molecule has 0 saturated carbocycles. The molecule has 0 atom stereocenters. The number of benzene rings is 1. The average Bonchev–Trinajstić information content (AvgIpc) is 2.44. The molecule has 0 aliphatic carbocycles. The first-order chi connectivity index (χ1) is 8.80. The molecule has 1 aromatic rings. The van der Waals surface area contributed by atoms with Crippen LogP contribution >= 0.6 is 11.8 Å². The maximum Gasteiger partial charge on any atom is 0.159 e. The van der Waals surface area contributed by atoms with Gasteiger partial charge in [0, 0.05) is 13.1 Å². The fourth-order valence-corrected chi connectivity index (χ4v) is 2.89. The molecule has 0 amide bonds. The molecule has 0 saturated heterocycles. The maximum atomic E-state index is 8.98. The van der Waals surface area contributed by atoms with Crippen LogP contribution in [0.15, 0.2) is 34.9 Å². The van der Waals surface area contributed by atoms with Gasteiger partial charge in [-0.2, -0.15) is 10.5 Å². The minimum atomic E-state index is 0.210. The summed E-state index contributed by atoms with van der Waals surface area (Å²) in [6.07, 6.45) is 2.87. The molecule has 1 aliphatic heterocycles. The van der Waals surface area contributed by atoms with E-state index in [-0.39, 0.29) is 5.57 Å². The lowest BCUT2D eigenvalue weighted by Gasteiger charge is -2.31. The predicted octanol–water partition coefficient (Wildman–Crippen LogP) is 2.67. The summed E-state index contributed by atoms with van der Waals surface area (Å²) in [5.41, 5.74) is 2.86. The number of thioether (sulfide) groups is 1. The Hall–Kier alpha value is -1.91. The second-order valence-electron chi connectivity index (χ2n) is 4.05. The molecule has 0 radical (unpaired) electrons. The minimum absolute atomic E-state index is 0.210. The van der Waals surface area contributed by atoms with E-state index in [0.717, 1.165) is 24.5 Å². The van der Waals surface area contributed by atoms with Crippen LogP contribution in [0.25, 0.3) is 0 Å². The van der Waals surface area contributed by atoms with E-state index >= 15 is 0 Å². The van der Waals surface area contributed by atoms with Gasteiger partial charge in [0.1, 0.15) is 12.1 Å². The summed E-state index contributed by atoms with van der Waals surface area (Å²) in [5.74, 6) is 0. The summed E-state index contributed by atoms with van der Waals surface area (Å²) in [5, 5.41) is 18.8. The molecule has 2 rings (SSSR count). The van der Waals surface area contributed by atoms with Crippen LogP contribution < -0.4 is 0 Å². The average molecular weight is 255 g/mol. The van der Waals surface area contributed by atoms with Crippen molar-refractivity contribution in [1.29, 1.82) is 10.5 Å². The molecular formula is C14H13N3S. The zero-order valence-corrected chi connectivity index (χ0v) is 11.0. The summed E-state index contributed by atoms with van der Waals surface area (Å²) in [6.45, 7) is 1.64. The van der Waals surface area contributed by atoms with E-state index in [1.807, 2.05) is 24.5 Å². The molecular weight excluding hydrogens is 242 g/mol. The van der Waals surface area contributed by atoms with E-state index in [2.05, 4.69) is 23.1 Å². The van der Waals surface area contributed by atoms with Gasteiger partial charge < -0.3 is 4.90 Å². The van der Waals surface area contributed by atoms with Crippen LogP contribution in [0, 0.1) is 22.7 Å². The molecule has 0 spiro atoms. The van der Waals surface area contributed by atoms with Crippen LogP contribution in [-0.4, -0.2) is 17.7 Å². The topological polar surface area (TPSA) is 50.8 Å². The molecule has 1 heterocycles. The summed E-state index contributed by atoms with van der Waals surface area (Å²) in [4.78, 5) is 2.12. The summed E-state index contributed by atoms with van der Waals surface area (Å²) in [6, 6.07) is 12.3. The number of nitrogens with zero attached hydrogens (tertiary/aromatic N) is 3. The molecule has 3 nitrogen and oxygen atoms in total. The molecule has 4 heteroatoms. The van der Waals surface area contributed by atoms with Gasteiger partial charge in [-0.25, -0.2) is 0 Å². The van der Waals surface area contributed by atoms with Crippen LogP contribution in [-0.2, 0) is 13.0 Å². The van der Waals surface area contributed by atoms with E-state index in [4.69, 9.17) is 10.5 Å². The van der Waals surface area contributed by atoms with E-state index in [0.29, 0.717) is 0 Å². The normalized spacial score (nSPS) is 13.2. The van der Waals surface area contributed by atoms with Gasteiger partial charge in [0.15, 0.2) is 5.57 Å². The van der Waals surface area contributed by atoms with E-state index in [9.17, 15) is 0 Å². The molecule has 0 aromatic heterocycles. The van der Waals surface area contributed by atoms with Crippen molar-refractivity contribution in [2.75, 3.05) is 12.8 Å². The van der Waals surface area contributed by atoms with E-state index in [1.165, 1.54) is 22.9 Å². The number of rotatable bonds is 2. The Kier molecular flexibility index (Phi) is 3.92. The first-order valence-electron chi connectivity index (χ1n) is 5.70. The van der Waals surface area contributed by atoms with Gasteiger partial charge in [-0.15, -0.1) is 11.8 Å². The maximum absolute atomic E-state index is 8.98. The van der Waals surface area contributed by atoms with Gasteiger partial charge >= 0.3 is 0 Å². The Bertz CT molecular complexity index is 547. The third kappa shape index (κ3) is 2.34. The standard InChI is InChI=1S/C14H13N3S/c1-18-14(13(8-15)9-16)17-7-6-11-4-2-3-5-12(11)10-17/h2-5H,6-7,10H2,1H3. The Balaban J connectivity index is 2.31. The highest BCUT2D eigenvalue weighted by Gasteiger charge is 2.20. The summed E-state index contributed by atoms with van der Waals surface area (Å²) >= 11 is 1.47. The predicted molar refractivity (Wildman–Crippen MR) is 72.3 cm³/mol. The monoisotopic (exact) mass is 255 g/mol. The first-order valence-corrected chi connectivity index (χ1v) is 6.92. The van der Waals surface area contributed by atoms with Gasteiger partial charge in [0.2, 0.25) is 0 Å². The van der Waals surface area contributed by atoms with Gasteiger partial charge in [0.25, 0.3) is 0 Å². The SMILES string of the molecule is CSC(=C(C#N)C#N)N1CCc2ccccc2C1. The lowest BCUT2D eigenvalue weighted by molar-refractivity contribution is 0.343. The van der Waals surface area contributed by atoms with Gasteiger partial charge in [0.05, 0.1) is 5.03 Å². The van der Waals surface area contributed by atoms with Crippen molar-refractivity contribution < 1.29 is 0 Å². The number of hydrogen-bond donors (Lipinski definition) is 0. The highest BCUT2D eigenvalue weighted by atomic mass is 32.2. The molecule has 1 aromatic carbocycles. The highest BCUT2D eigenvalue weighted by molar-refractivity contribution is 8.02. The molecule has 0 fully saturated rings. The van der Waals surface area contributed by atoms with Crippen molar-refractivity contribution in [3.63, 3.8) is 0 Å². The largest absolute Gasteiger partial charge is 0.360 e. The van der Waals surface area contributed by atoms with Crippen molar-refractivity contribution in [2.45, 2.75) is 13.0 Å². The van der Waals surface area contributed by atoms with Crippen LogP contribution in [0.3, 0.4) is 0 Å². The second-order valence-corrected chi connectivity index (χ2v) is 4.84. The van der Waals surface area contributed by atoms with Gasteiger partial charge in [-0.3, -0.25) is 0 Å². The Morgan fingerprint density at radius 3 is 2.50 bits per heavy atom. The van der Waals surface area contributed by atoms with E-state index in [1.54, 1.807) is 0 Å². The van der Waals surface area contributed by atoms with Gasteiger partial charge in [-0.1, -0.05) is 24.3 Å². The lowest BCUT2D eigenvalue weighted by Crippen LogP contribution is -2.29. The molecule has 1 aliphatic rings. The van der Waals surface area contributed by atoms with Crippen molar-refractivity contribution in [3.8, 4) is 12.1 Å². The fourth-order valence-electron chi connectivity index (χ4n) is 2.18. The quantitative estimate of drug-likeness (QED) is 0.762. The zero-order chi connectivity index (χ0) is 13.0. The molecule has 0 unspecified atom stereocenters. The summed E-state index contributed by atoms with van der Waals surface area (Å²) in [7, 11) is 0. The third-order valence-corrected chi connectivity index (χ3v) is 3.90. The van der Waals surface area contributed by atoms with E-state index < -0.39 is 0 Å². The number of nitriles is 2. The Morgan fingerprint density at radius 2 is 1.89 bits per heavy atom. The second kappa shape index (κ2) is 5.62. The van der Waals surface area contributed by atoms with Crippen molar-refractivity contribution in [3.05, 3.63) is 46.0 Å². The van der Waals surface area contributed by atoms with Crippen LogP contribution in [0.4, 0.5) is 0 Å². The van der Waals surface area contributed by atoms with Crippen molar-refractivity contribution >= 4 is 11.8 Å². The van der Waals surface area contributed by atoms with Crippen LogP contribution in [0.5, 0.6) is 0 Å². The molecule has 0 N–H and O–H groups in total. The summed E-state index contributed by atoms with van der Waals surface area (Å²) < 4.78 is 0. The Labute approximate surface area is 111 Å². The number of fused-ring (bicyclic) bond motifs is 1. The fraction of sp³-hybridized carbons (Fsp3) is 0.286. The molecule has 18 heavy (non-hydrogen) atoms. The third-order valence-electron chi connectivity index (χ3n) is 3.05. The van der Waals surface area contributed by atoms with Crippen LogP contribution in [0.1, 0.15) is 11.1 Å². The first kappa shape index (κ1) is 12.5. The van der Waals surface area contributed by atoms with Gasteiger partial charge in [-0.05, 0) is 23.8 Å². The molecule has 0 bridgehead atoms.